The smallest absolute Gasteiger partial charge is 0.162 e. The van der Waals surface area contributed by atoms with Gasteiger partial charge >= 0.3 is 0 Å². The van der Waals surface area contributed by atoms with Gasteiger partial charge in [0.2, 0.25) is 0 Å². The average Bonchev–Trinajstić information content (AvgIpc) is 3.45. The molecule has 0 spiro atoms. The molecule has 46 heavy (non-hydrogen) atoms. The molecule has 0 bridgehead atoms. The van der Waals surface area contributed by atoms with E-state index < -0.39 is 0 Å². The number of fused-ring (bicyclic) bond motifs is 4. The Morgan fingerprint density at radius 2 is 1.59 bits per heavy atom. The summed E-state index contributed by atoms with van der Waals surface area (Å²) < 4.78 is 6.52. The molecule has 6 heteroatoms. The third-order valence-electron chi connectivity index (χ3n) is 8.65. The summed E-state index contributed by atoms with van der Waals surface area (Å²) in [7, 11) is 0. The van der Waals surface area contributed by atoms with Crippen LogP contribution in [0.1, 0.15) is 58.9 Å². The summed E-state index contributed by atoms with van der Waals surface area (Å²) in [6.07, 6.45) is 10.5. The Kier molecular flexibility index (Phi) is 12.0. The number of benzene rings is 3. The fraction of sp³-hybridized carbons (Fsp3) is 0.275. The average molecular weight is 790 g/mol. The molecule has 0 fully saturated rings. The van der Waals surface area contributed by atoms with Gasteiger partial charge in [-0.15, -0.1) is 18.2 Å². The van der Waals surface area contributed by atoms with Gasteiger partial charge in [-0.1, -0.05) is 81.1 Å². The molecule has 0 unspecified atom stereocenters. The van der Waals surface area contributed by atoms with E-state index in [0.29, 0.717) is 0 Å². The van der Waals surface area contributed by atoms with Gasteiger partial charge in [-0.3, -0.25) is 9.78 Å². The number of nitrogens with zero attached hydrogens (tertiary/aromatic N) is 2. The Bertz CT molecular complexity index is 1950. The fourth-order valence-electron chi connectivity index (χ4n) is 6.03. The van der Waals surface area contributed by atoms with Crippen molar-refractivity contribution in [2.24, 2.45) is 11.8 Å². The van der Waals surface area contributed by atoms with Crippen molar-refractivity contribution in [2.75, 3.05) is 0 Å². The van der Waals surface area contributed by atoms with Gasteiger partial charge in [-0.05, 0) is 66.9 Å². The Balaban J connectivity index is 0.000000259. The molecule has 0 saturated heterocycles. The zero-order chi connectivity index (χ0) is 31.9. The van der Waals surface area contributed by atoms with E-state index in [9.17, 15) is 9.90 Å². The Morgan fingerprint density at radius 3 is 2.28 bits per heavy atom. The number of aromatic nitrogens is 2. The van der Waals surface area contributed by atoms with Gasteiger partial charge in [0.25, 0.3) is 0 Å². The predicted octanol–water partition coefficient (Wildman–Crippen LogP) is 10.8. The standard InChI is InChI=1S/C27H17N2O.C13H24O2.Ir/c1-17-14-18-11-13-28-16-24(18)23(15-17)21-8-4-6-19-20-7-5-9-22(27(20)30-26(19)21)25-10-2-3-12-29-25;1-5-10(6-2)12(14)9-13(15)11(7-3)8-4;/h2-8,10-16H,1H3;9-11,14H,5-8H2,1-4H3;/q-1;;/b;12-9-;. The molecule has 0 aliphatic rings. The van der Waals surface area contributed by atoms with Crippen LogP contribution < -0.4 is 0 Å². The van der Waals surface area contributed by atoms with Gasteiger partial charge in [0.1, 0.15) is 5.58 Å². The number of hydrogen-bond acceptors (Lipinski definition) is 5. The summed E-state index contributed by atoms with van der Waals surface area (Å²) in [5.41, 5.74) is 6.83. The molecule has 6 aromatic rings. The largest absolute Gasteiger partial charge is 0.512 e. The van der Waals surface area contributed by atoms with Crippen molar-refractivity contribution >= 4 is 38.5 Å². The number of pyridine rings is 2. The van der Waals surface area contributed by atoms with Crippen molar-refractivity contribution in [3.63, 3.8) is 0 Å². The van der Waals surface area contributed by atoms with Crippen LogP contribution in [0.2, 0.25) is 0 Å². The van der Waals surface area contributed by atoms with E-state index in [-0.39, 0.29) is 43.5 Å². The van der Waals surface area contributed by atoms with Gasteiger partial charge in [0, 0.05) is 72.9 Å². The van der Waals surface area contributed by atoms with Crippen molar-refractivity contribution in [3.05, 3.63) is 109 Å². The minimum Gasteiger partial charge on any atom is -0.512 e. The number of aliphatic hydroxyl groups is 1. The summed E-state index contributed by atoms with van der Waals surface area (Å²) in [6, 6.07) is 26.0. The fourth-order valence-corrected chi connectivity index (χ4v) is 6.03. The van der Waals surface area contributed by atoms with E-state index in [2.05, 4.69) is 65.4 Å². The van der Waals surface area contributed by atoms with Crippen LogP contribution in [-0.4, -0.2) is 20.9 Å². The second-order valence-corrected chi connectivity index (χ2v) is 11.5. The van der Waals surface area contributed by atoms with Crippen LogP contribution in [0.4, 0.5) is 0 Å². The molecule has 0 aliphatic heterocycles. The minimum atomic E-state index is 0. The number of ketones is 1. The number of aliphatic hydroxyl groups excluding tert-OH is 1. The Hall–Kier alpha value is -4.12. The van der Waals surface area contributed by atoms with Crippen LogP contribution in [0.3, 0.4) is 0 Å². The molecule has 6 rings (SSSR count). The number of rotatable bonds is 9. The maximum Gasteiger partial charge on any atom is 0.162 e. The van der Waals surface area contributed by atoms with Crippen LogP contribution in [0.5, 0.6) is 0 Å². The summed E-state index contributed by atoms with van der Waals surface area (Å²) in [6.45, 7) is 10.2. The second kappa shape index (κ2) is 15.9. The molecule has 3 aromatic heterocycles. The first-order valence-electron chi connectivity index (χ1n) is 16.0. The first-order chi connectivity index (χ1) is 21.9. The third-order valence-corrected chi connectivity index (χ3v) is 8.65. The molecule has 0 aliphatic carbocycles. The molecule has 1 N–H and O–H groups in total. The van der Waals surface area contributed by atoms with Crippen LogP contribution in [-0.2, 0) is 24.9 Å². The number of carbonyl (C=O) groups excluding carboxylic acids is 1. The molecular weight excluding hydrogens is 749 g/mol. The quantitative estimate of drug-likeness (QED) is 0.0897. The van der Waals surface area contributed by atoms with Crippen molar-refractivity contribution < 1.29 is 34.4 Å². The number of carbonyl (C=O) groups is 1. The van der Waals surface area contributed by atoms with Gasteiger partial charge in [-0.2, -0.15) is 0 Å². The molecule has 0 saturated carbocycles. The van der Waals surface area contributed by atoms with Gasteiger partial charge in [-0.25, -0.2) is 0 Å². The van der Waals surface area contributed by atoms with Crippen LogP contribution >= 0.6 is 0 Å². The molecule has 5 nitrogen and oxygen atoms in total. The van der Waals surface area contributed by atoms with E-state index in [1.807, 2.05) is 64.4 Å². The zero-order valence-electron chi connectivity index (χ0n) is 27.1. The van der Waals surface area contributed by atoms with Gasteiger partial charge < -0.3 is 14.5 Å². The molecule has 3 heterocycles. The predicted molar refractivity (Wildman–Crippen MR) is 185 cm³/mol. The summed E-state index contributed by atoms with van der Waals surface area (Å²) in [5, 5.41) is 14.2. The summed E-state index contributed by atoms with van der Waals surface area (Å²) >= 11 is 0. The minimum absolute atomic E-state index is 0. The molecule has 0 amide bonds. The second-order valence-electron chi connectivity index (χ2n) is 11.5. The summed E-state index contributed by atoms with van der Waals surface area (Å²) in [4.78, 5) is 20.6. The maximum atomic E-state index is 11.7. The molecule has 239 valence electrons. The SMILES string of the molecule is CCC(CC)C(=O)/C=C(\O)C(CC)CC.Cc1cc(-c2cccc3c2oc2c(-c4ccccn4)[c-]ccc23)c2cnccc2c1.[Ir]. The van der Waals surface area contributed by atoms with Crippen LogP contribution in [0.25, 0.3) is 55.1 Å². The van der Waals surface area contributed by atoms with Crippen LogP contribution in [0, 0.1) is 24.8 Å². The van der Waals surface area contributed by atoms with Gasteiger partial charge in [0.05, 0.1) is 11.3 Å². The molecule has 3 aromatic carbocycles. The number of hydrogen-bond donors (Lipinski definition) is 1. The maximum absolute atomic E-state index is 11.7. The van der Waals surface area contributed by atoms with Gasteiger partial charge in [0.15, 0.2) is 5.78 Å². The molecular formula is C40H41IrN2O3-. The Morgan fingerprint density at radius 1 is 0.848 bits per heavy atom. The normalized spacial score (nSPS) is 11.6. The molecule has 0 atom stereocenters. The zero-order valence-corrected chi connectivity index (χ0v) is 29.5. The Labute approximate surface area is 285 Å². The van der Waals surface area contributed by atoms with E-state index in [1.165, 1.54) is 17.0 Å². The van der Waals surface area contributed by atoms with E-state index in [4.69, 9.17) is 4.42 Å². The third kappa shape index (κ3) is 7.30. The van der Waals surface area contributed by atoms with E-state index in [1.54, 1.807) is 6.20 Å². The van der Waals surface area contributed by atoms with Crippen molar-refractivity contribution in [2.45, 2.75) is 60.3 Å². The summed E-state index contributed by atoms with van der Waals surface area (Å²) in [5.74, 6) is 0.547. The van der Waals surface area contributed by atoms with E-state index >= 15 is 0 Å². The topological polar surface area (TPSA) is 76.2 Å². The number of aryl methyl sites for hydroxylation is 1. The first-order valence-corrected chi connectivity index (χ1v) is 16.0. The number of para-hydroxylation sites is 1. The number of furan rings is 1. The number of allylic oxidation sites excluding steroid dienone is 2. The van der Waals surface area contributed by atoms with Crippen molar-refractivity contribution in [1.82, 2.24) is 9.97 Å². The van der Waals surface area contributed by atoms with Crippen molar-refractivity contribution in [3.8, 4) is 22.4 Å². The molecule has 1 radical (unpaired) electrons. The monoisotopic (exact) mass is 790 g/mol. The van der Waals surface area contributed by atoms with Crippen LogP contribution in [0.15, 0.2) is 102 Å². The first kappa shape index (κ1) is 34.7. The van der Waals surface area contributed by atoms with Crippen molar-refractivity contribution in [1.29, 1.82) is 0 Å². The van der Waals surface area contributed by atoms with E-state index in [0.717, 1.165) is 75.4 Å².